The van der Waals surface area contributed by atoms with E-state index in [4.69, 9.17) is 4.74 Å². The average molecular weight is 395 g/mol. The third kappa shape index (κ3) is 7.51. The second-order valence-corrected chi connectivity index (χ2v) is 6.61. The lowest BCUT2D eigenvalue weighted by atomic mass is 9.99. The first-order valence-electron chi connectivity index (χ1n) is 9.40. The Kier molecular flexibility index (Phi) is 9.94. The van der Waals surface area contributed by atoms with Crippen molar-refractivity contribution in [3.05, 3.63) is 28.3 Å². The number of methoxy groups -OCH3 is 1. The smallest absolute Gasteiger partial charge is 0.321 e. The van der Waals surface area contributed by atoms with E-state index in [1.165, 1.54) is 25.3 Å². The molecule has 1 aromatic carbocycles. The zero-order valence-electron chi connectivity index (χ0n) is 16.6. The van der Waals surface area contributed by atoms with Gasteiger partial charge in [0.05, 0.1) is 30.2 Å². The van der Waals surface area contributed by atoms with Crippen LogP contribution < -0.4 is 15.4 Å². The van der Waals surface area contributed by atoms with Crippen LogP contribution in [0.2, 0.25) is 0 Å². The minimum Gasteiger partial charge on any atom is -0.494 e. The van der Waals surface area contributed by atoms with Crippen molar-refractivity contribution in [1.82, 2.24) is 5.32 Å². The maximum atomic E-state index is 12.3. The van der Waals surface area contributed by atoms with E-state index in [2.05, 4.69) is 24.5 Å². The molecule has 0 aliphatic carbocycles. The second kappa shape index (κ2) is 11.9. The molecule has 2 unspecified atom stereocenters. The molecular formula is C19H29N3O6. The quantitative estimate of drug-likeness (QED) is 0.345. The Balaban J connectivity index is 2.72. The van der Waals surface area contributed by atoms with Crippen LogP contribution in [0.3, 0.4) is 0 Å². The Labute approximate surface area is 164 Å². The summed E-state index contributed by atoms with van der Waals surface area (Å²) in [6, 6.07) is 2.78. The topological polar surface area (TPSA) is 131 Å². The Morgan fingerprint density at radius 3 is 2.57 bits per heavy atom. The number of non-ortho nitro benzene ring substituents is 1. The van der Waals surface area contributed by atoms with E-state index < -0.39 is 22.8 Å². The van der Waals surface area contributed by atoms with Crippen molar-refractivity contribution >= 4 is 23.3 Å². The molecule has 0 saturated carbocycles. The van der Waals surface area contributed by atoms with Crippen LogP contribution in [0, 0.1) is 16.0 Å². The summed E-state index contributed by atoms with van der Waals surface area (Å²) in [6.45, 7) is 4.70. The molecule has 9 heteroatoms. The molecule has 3 N–H and O–H groups in total. The predicted octanol–water partition coefficient (Wildman–Crippen LogP) is 3.19. The highest BCUT2D eigenvalue weighted by Crippen LogP contribution is 2.29. The number of rotatable bonds is 13. The summed E-state index contributed by atoms with van der Waals surface area (Å²) in [6.07, 6.45) is 3.85. The summed E-state index contributed by atoms with van der Waals surface area (Å²) >= 11 is 0. The molecule has 2 atom stereocenters. The van der Waals surface area contributed by atoms with Gasteiger partial charge in [0.2, 0.25) is 5.91 Å². The van der Waals surface area contributed by atoms with Crippen molar-refractivity contribution in [2.45, 2.75) is 52.0 Å². The molecule has 0 aromatic heterocycles. The standard InChI is InChI=1S/C19H29N3O6/c1-4-6-7-13(5-2)12-20-16(19(24)25)11-18(23)21-15-9-8-14(22(26)27)10-17(15)28-3/h8-10,13,16,20H,4-7,11-12H2,1-3H3,(H,21,23)(H,24,25). The van der Waals surface area contributed by atoms with Gasteiger partial charge in [-0.25, -0.2) is 0 Å². The Hall–Kier alpha value is -2.68. The third-order valence-electron chi connectivity index (χ3n) is 4.55. The number of unbranched alkanes of at least 4 members (excludes halogenated alkanes) is 1. The van der Waals surface area contributed by atoms with Crippen molar-refractivity contribution in [1.29, 1.82) is 0 Å². The van der Waals surface area contributed by atoms with Crippen LogP contribution in [0.25, 0.3) is 0 Å². The molecule has 0 saturated heterocycles. The molecule has 0 bridgehead atoms. The molecule has 0 fully saturated rings. The Morgan fingerprint density at radius 1 is 1.32 bits per heavy atom. The Morgan fingerprint density at radius 2 is 2.04 bits per heavy atom. The number of nitro groups is 1. The summed E-state index contributed by atoms with van der Waals surface area (Å²) in [5.41, 5.74) is 0.0780. The molecule has 156 valence electrons. The van der Waals surface area contributed by atoms with E-state index >= 15 is 0 Å². The first-order valence-corrected chi connectivity index (χ1v) is 9.40. The number of hydrogen-bond acceptors (Lipinski definition) is 6. The fourth-order valence-corrected chi connectivity index (χ4v) is 2.78. The van der Waals surface area contributed by atoms with Crippen LogP contribution >= 0.6 is 0 Å². The number of ether oxygens (including phenoxy) is 1. The molecule has 9 nitrogen and oxygen atoms in total. The average Bonchev–Trinajstić information content (AvgIpc) is 2.66. The molecule has 0 aliphatic rings. The molecule has 0 spiro atoms. The zero-order chi connectivity index (χ0) is 21.1. The van der Waals surface area contributed by atoms with E-state index in [9.17, 15) is 24.8 Å². The number of nitrogens with zero attached hydrogens (tertiary/aromatic N) is 1. The number of aliphatic carboxylic acids is 1. The van der Waals surface area contributed by atoms with Gasteiger partial charge in [-0.15, -0.1) is 0 Å². The fraction of sp³-hybridized carbons (Fsp3) is 0.579. The molecule has 1 rings (SSSR count). The van der Waals surface area contributed by atoms with Gasteiger partial charge < -0.3 is 20.5 Å². The molecule has 0 aliphatic heterocycles. The van der Waals surface area contributed by atoms with Gasteiger partial charge in [-0.3, -0.25) is 19.7 Å². The number of benzene rings is 1. The molecule has 0 radical (unpaired) electrons. The van der Waals surface area contributed by atoms with Crippen LogP contribution in [-0.2, 0) is 9.59 Å². The minimum atomic E-state index is -1.10. The van der Waals surface area contributed by atoms with Gasteiger partial charge in [0, 0.05) is 6.07 Å². The second-order valence-electron chi connectivity index (χ2n) is 6.61. The van der Waals surface area contributed by atoms with Crippen molar-refractivity contribution < 1.29 is 24.4 Å². The van der Waals surface area contributed by atoms with E-state index in [-0.39, 0.29) is 23.5 Å². The predicted molar refractivity (Wildman–Crippen MR) is 106 cm³/mol. The van der Waals surface area contributed by atoms with Crippen LogP contribution in [0.1, 0.15) is 46.0 Å². The molecule has 0 heterocycles. The van der Waals surface area contributed by atoms with Crippen LogP contribution in [-0.4, -0.2) is 41.6 Å². The monoisotopic (exact) mass is 395 g/mol. The number of carboxylic acids is 1. The lowest BCUT2D eigenvalue weighted by Gasteiger charge is -2.20. The van der Waals surface area contributed by atoms with Crippen molar-refractivity contribution in [2.75, 3.05) is 19.0 Å². The third-order valence-corrected chi connectivity index (χ3v) is 4.55. The van der Waals surface area contributed by atoms with Crippen molar-refractivity contribution in [2.24, 2.45) is 5.92 Å². The van der Waals surface area contributed by atoms with E-state index in [0.29, 0.717) is 12.5 Å². The van der Waals surface area contributed by atoms with E-state index in [1.54, 1.807) is 0 Å². The highest BCUT2D eigenvalue weighted by molar-refractivity contribution is 5.95. The van der Waals surface area contributed by atoms with Crippen molar-refractivity contribution in [3.8, 4) is 5.75 Å². The number of carboxylic acid groups (broad SMARTS) is 1. The normalized spacial score (nSPS) is 12.8. The summed E-state index contributed by atoms with van der Waals surface area (Å²) in [4.78, 5) is 34.1. The lowest BCUT2D eigenvalue weighted by Crippen LogP contribution is -2.42. The maximum Gasteiger partial charge on any atom is 0.321 e. The molecule has 28 heavy (non-hydrogen) atoms. The SMILES string of the molecule is CCCCC(CC)CNC(CC(=O)Nc1ccc([N+](=O)[O-])cc1OC)C(=O)O. The maximum absolute atomic E-state index is 12.3. The largest absolute Gasteiger partial charge is 0.494 e. The zero-order valence-corrected chi connectivity index (χ0v) is 16.6. The van der Waals surface area contributed by atoms with E-state index in [1.807, 2.05) is 0 Å². The summed E-state index contributed by atoms with van der Waals surface area (Å²) in [5, 5.41) is 25.8. The van der Waals surface area contributed by atoms with Gasteiger partial charge in [-0.1, -0.05) is 33.1 Å². The number of hydrogen-bond donors (Lipinski definition) is 3. The van der Waals surface area contributed by atoms with Gasteiger partial charge in [0.1, 0.15) is 11.8 Å². The van der Waals surface area contributed by atoms with E-state index in [0.717, 1.165) is 25.7 Å². The van der Waals surface area contributed by atoms with Crippen LogP contribution in [0.4, 0.5) is 11.4 Å². The van der Waals surface area contributed by atoms with Gasteiger partial charge in [0.25, 0.3) is 5.69 Å². The van der Waals surface area contributed by atoms with Gasteiger partial charge >= 0.3 is 5.97 Å². The first kappa shape index (κ1) is 23.4. The number of anilines is 1. The van der Waals surface area contributed by atoms with Gasteiger partial charge in [0.15, 0.2) is 0 Å². The van der Waals surface area contributed by atoms with Gasteiger partial charge in [-0.2, -0.15) is 0 Å². The highest BCUT2D eigenvalue weighted by atomic mass is 16.6. The number of nitrogens with one attached hydrogen (secondary N) is 2. The number of nitro benzene ring substituents is 1. The summed E-state index contributed by atoms with van der Waals surface area (Å²) < 4.78 is 5.07. The number of carbonyl (C=O) groups is 2. The lowest BCUT2D eigenvalue weighted by molar-refractivity contribution is -0.384. The fourth-order valence-electron chi connectivity index (χ4n) is 2.78. The number of carbonyl (C=O) groups excluding carboxylic acids is 1. The Bertz CT molecular complexity index is 680. The number of amides is 1. The summed E-state index contributed by atoms with van der Waals surface area (Å²) in [7, 11) is 1.33. The molecule has 1 amide bonds. The molecule has 1 aromatic rings. The van der Waals surface area contributed by atoms with Gasteiger partial charge in [-0.05, 0) is 24.9 Å². The highest BCUT2D eigenvalue weighted by Gasteiger charge is 2.23. The van der Waals surface area contributed by atoms with Crippen LogP contribution in [0.5, 0.6) is 5.75 Å². The first-order chi connectivity index (χ1) is 13.3. The van der Waals surface area contributed by atoms with Crippen molar-refractivity contribution in [3.63, 3.8) is 0 Å². The molecular weight excluding hydrogens is 366 g/mol. The van der Waals surface area contributed by atoms with Crippen LogP contribution in [0.15, 0.2) is 18.2 Å². The minimum absolute atomic E-state index is 0.132. The summed E-state index contributed by atoms with van der Waals surface area (Å²) in [5.74, 6) is -1.13.